The van der Waals surface area contributed by atoms with Gasteiger partial charge < -0.3 is 4.90 Å². The van der Waals surface area contributed by atoms with E-state index in [0.717, 1.165) is 38.6 Å². The molecule has 1 aliphatic carbocycles. The van der Waals surface area contributed by atoms with Crippen molar-refractivity contribution >= 4 is 57.6 Å². The van der Waals surface area contributed by atoms with Crippen molar-refractivity contribution in [3.05, 3.63) is 141 Å². The zero-order valence-corrected chi connectivity index (χ0v) is 27.2. The van der Waals surface area contributed by atoms with Crippen LogP contribution in [0, 0.1) is 0 Å². The van der Waals surface area contributed by atoms with Crippen LogP contribution in [0.4, 0.5) is 17.1 Å². The second-order valence-corrected chi connectivity index (χ2v) is 14.1. The monoisotopic (exact) mass is 601 g/mol. The van der Waals surface area contributed by atoms with Gasteiger partial charge in [0.15, 0.2) is 11.6 Å². The molecule has 0 bridgehead atoms. The van der Waals surface area contributed by atoms with Crippen molar-refractivity contribution in [3.63, 3.8) is 0 Å². The van der Waals surface area contributed by atoms with E-state index in [-0.39, 0.29) is 40.8 Å². The first-order chi connectivity index (χ1) is 22.0. The summed E-state index contributed by atoms with van der Waals surface area (Å²) in [7, 11) is 0. The quantitative estimate of drug-likeness (QED) is 0.150. The fourth-order valence-corrected chi connectivity index (χ4v) is 7.09. The number of rotatable bonds is 2. The van der Waals surface area contributed by atoms with Crippen LogP contribution in [0.25, 0.3) is 29.0 Å². The lowest BCUT2D eigenvalue weighted by Gasteiger charge is -2.43. The van der Waals surface area contributed by atoms with Crippen LogP contribution in [0.5, 0.6) is 0 Å². The molecule has 3 nitrogen and oxygen atoms in total. The highest BCUT2D eigenvalue weighted by Gasteiger charge is 2.38. The number of carbonyl (C=O) groups excluding carboxylic acids is 2. The summed E-state index contributed by atoms with van der Waals surface area (Å²) in [6, 6.07) is 36.2. The third-order valence-corrected chi connectivity index (χ3v) is 9.62. The van der Waals surface area contributed by atoms with E-state index in [2.05, 4.69) is 112 Å². The van der Waals surface area contributed by atoms with Gasteiger partial charge in [-0.1, -0.05) is 120 Å². The van der Waals surface area contributed by atoms with Crippen LogP contribution in [-0.2, 0) is 20.4 Å². The molecular weight excluding hydrogens is 562 g/mol. The number of allylic oxidation sites excluding steroid dienone is 1. The topological polar surface area (TPSA) is 37.4 Å². The maximum atomic E-state index is 13.5. The van der Waals surface area contributed by atoms with Gasteiger partial charge in [0, 0.05) is 23.9 Å². The second kappa shape index (κ2) is 11.1. The minimum Gasteiger partial charge on any atom is -0.310 e. The summed E-state index contributed by atoms with van der Waals surface area (Å²) in [6.45, 7) is 11.3. The summed E-state index contributed by atoms with van der Waals surface area (Å²) < 4.78 is 0. The number of ketones is 2. The number of hydrogen-bond donors (Lipinski definition) is 0. The predicted octanol–water partition coefficient (Wildman–Crippen LogP) is 8.82. The molecule has 0 atom stereocenters. The SMILES string of the molecule is CC(C)(C)c1ccc(N2c3ccc(C=C4C(=O)CC=c5ccccc5=CCC4=O)cc3C(C)(C)c3c2ccc2ccccc32)cc1. The predicted molar refractivity (Wildman–Crippen MR) is 191 cm³/mol. The van der Waals surface area contributed by atoms with E-state index in [0.29, 0.717) is 0 Å². The Morgan fingerprint density at radius 3 is 1.96 bits per heavy atom. The summed E-state index contributed by atoms with van der Waals surface area (Å²) >= 11 is 0. The van der Waals surface area contributed by atoms with Gasteiger partial charge in [-0.3, -0.25) is 9.59 Å². The fraction of sp³-hybridized carbons (Fsp3) is 0.209. The van der Waals surface area contributed by atoms with Crippen molar-refractivity contribution in [2.24, 2.45) is 0 Å². The van der Waals surface area contributed by atoms with Crippen molar-refractivity contribution in [2.45, 2.75) is 58.3 Å². The van der Waals surface area contributed by atoms with Crippen molar-refractivity contribution in [3.8, 4) is 0 Å². The van der Waals surface area contributed by atoms with Gasteiger partial charge >= 0.3 is 0 Å². The number of hydrogen-bond acceptors (Lipinski definition) is 3. The second-order valence-electron chi connectivity index (χ2n) is 14.1. The zero-order chi connectivity index (χ0) is 32.2. The lowest BCUT2D eigenvalue weighted by molar-refractivity contribution is -0.120. The Balaban J connectivity index is 1.39. The minimum absolute atomic E-state index is 0.0556. The van der Waals surface area contributed by atoms with Crippen molar-refractivity contribution in [1.82, 2.24) is 0 Å². The van der Waals surface area contributed by atoms with Gasteiger partial charge in [-0.15, -0.1) is 0 Å². The molecule has 46 heavy (non-hydrogen) atoms. The van der Waals surface area contributed by atoms with Crippen molar-refractivity contribution in [2.75, 3.05) is 4.90 Å². The van der Waals surface area contributed by atoms with Gasteiger partial charge in [0.25, 0.3) is 0 Å². The van der Waals surface area contributed by atoms with Crippen LogP contribution >= 0.6 is 0 Å². The van der Waals surface area contributed by atoms with Gasteiger partial charge in [-0.25, -0.2) is 0 Å². The Labute approximate surface area is 271 Å². The first-order valence-corrected chi connectivity index (χ1v) is 16.1. The van der Waals surface area contributed by atoms with E-state index < -0.39 is 0 Å². The largest absolute Gasteiger partial charge is 0.310 e. The summed E-state index contributed by atoms with van der Waals surface area (Å²) in [5, 5.41) is 4.40. The number of Topliss-reactive ketones (excluding diaryl/α,β-unsaturated/α-hetero) is 2. The van der Waals surface area contributed by atoms with E-state index in [1.807, 2.05) is 42.5 Å². The third kappa shape index (κ3) is 5.10. The van der Waals surface area contributed by atoms with Gasteiger partial charge in [0.2, 0.25) is 0 Å². The van der Waals surface area contributed by atoms with Crippen molar-refractivity contribution in [1.29, 1.82) is 0 Å². The lowest BCUT2D eigenvalue weighted by atomic mass is 9.71. The zero-order valence-electron chi connectivity index (χ0n) is 27.2. The Bertz CT molecular complexity index is 2140. The molecular formula is C43H39NO2. The number of carbonyl (C=O) groups is 2. The Kier molecular flexibility index (Phi) is 7.16. The number of benzene rings is 5. The Morgan fingerprint density at radius 1 is 0.696 bits per heavy atom. The maximum Gasteiger partial charge on any atom is 0.170 e. The maximum absolute atomic E-state index is 13.5. The van der Waals surface area contributed by atoms with Crippen LogP contribution in [0.1, 0.15) is 69.7 Å². The van der Waals surface area contributed by atoms with Gasteiger partial charge in [0.05, 0.1) is 16.9 Å². The molecule has 0 unspecified atom stereocenters. The molecule has 0 amide bonds. The average Bonchev–Trinajstić information content (AvgIpc) is 3.10. The molecule has 0 fully saturated rings. The highest BCUT2D eigenvalue weighted by molar-refractivity contribution is 6.25. The van der Waals surface area contributed by atoms with Gasteiger partial charge in [0.1, 0.15) is 0 Å². The first kappa shape index (κ1) is 29.7. The molecule has 0 aromatic heterocycles. The van der Waals surface area contributed by atoms with Crippen LogP contribution in [0.3, 0.4) is 0 Å². The summed E-state index contributed by atoms with van der Waals surface area (Å²) in [6.07, 6.45) is 6.05. The summed E-state index contributed by atoms with van der Waals surface area (Å²) in [5.74, 6) is -0.298. The summed E-state index contributed by atoms with van der Waals surface area (Å²) in [5.41, 5.74) is 7.88. The molecule has 2 aliphatic rings. The van der Waals surface area contributed by atoms with Crippen LogP contribution in [0.15, 0.2) is 109 Å². The normalized spacial score (nSPS) is 15.8. The van der Waals surface area contributed by atoms with E-state index in [4.69, 9.17) is 0 Å². The first-order valence-electron chi connectivity index (χ1n) is 16.1. The van der Waals surface area contributed by atoms with E-state index in [1.165, 1.54) is 21.9 Å². The number of nitrogens with zero attached hydrogens (tertiary/aromatic N) is 1. The number of anilines is 3. The molecule has 5 aromatic rings. The van der Waals surface area contributed by atoms with Crippen LogP contribution in [-0.4, -0.2) is 11.6 Å². The van der Waals surface area contributed by atoms with E-state index in [1.54, 1.807) is 6.08 Å². The fourth-order valence-electron chi connectivity index (χ4n) is 7.09. The highest BCUT2D eigenvalue weighted by Crippen LogP contribution is 2.54. The molecule has 0 saturated heterocycles. The minimum atomic E-state index is -0.350. The average molecular weight is 602 g/mol. The van der Waals surface area contributed by atoms with Crippen LogP contribution < -0.4 is 15.3 Å². The lowest BCUT2D eigenvalue weighted by Crippen LogP contribution is -2.31. The Hall–Kier alpha value is -5.02. The standard InChI is InChI=1S/C43H39NO2/c1-42(2,3)32-18-20-33(21-19-32)44-37-22-14-28(26-35-39(45)24-16-29-10-6-7-11-30(29)17-25-40(35)46)27-36(37)43(4,5)41-34-13-9-8-12-31(34)15-23-38(41)44/h6-23,26-27H,24-25H2,1-5H3. The molecule has 1 heterocycles. The van der Waals surface area contributed by atoms with Gasteiger partial charge in [-0.2, -0.15) is 0 Å². The molecule has 228 valence electrons. The molecule has 3 heteroatoms. The third-order valence-electron chi connectivity index (χ3n) is 9.62. The van der Waals surface area contributed by atoms with Crippen molar-refractivity contribution < 1.29 is 9.59 Å². The highest BCUT2D eigenvalue weighted by atomic mass is 16.1. The smallest absolute Gasteiger partial charge is 0.170 e. The van der Waals surface area contributed by atoms with E-state index >= 15 is 0 Å². The molecule has 0 saturated carbocycles. The molecule has 0 N–H and O–H groups in total. The molecule has 5 aromatic carbocycles. The van der Waals surface area contributed by atoms with Crippen LogP contribution in [0.2, 0.25) is 0 Å². The molecule has 1 aliphatic heterocycles. The molecule has 0 radical (unpaired) electrons. The Morgan fingerprint density at radius 2 is 1.30 bits per heavy atom. The van der Waals surface area contributed by atoms with E-state index in [9.17, 15) is 9.59 Å². The molecule has 7 rings (SSSR count). The summed E-state index contributed by atoms with van der Waals surface area (Å²) in [4.78, 5) is 29.3. The number of fused-ring (bicyclic) bond motifs is 5. The molecule has 0 spiro atoms. The van der Waals surface area contributed by atoms with Gasteiger partial charge in [-0.05, 0) is 85.3 Å².